The highest BCUT2D eigenvalue weighted by Crippen LogP contribution is 2.11. The van der Waals surface area contributed by atoms with E-state index in [4.69, 9.17) is 4.74 Å². The van der Waals surface area contributed by atoms with Crippen molar-refractivity contribution in [3.63, 3.8) is 0 Å². The number of benzene rings is 1. The highest BCUT2D eigenvalue weighted by molar-refractivity contribution is 5.89. The number of esters is 1. The van der Waals surface area contributed by atoms with Crippen molar-refractivity contribution >= 4 is 12.0 Å². The summed E-state index contributed by atoms with van der Waals surface area (Å²) in [7, 11) is 0. The highest BCUT2D eigenvalue weighted by Gasteiger charge is 2.09. The Morgan fingerprint density at radius 2 is 2.22 bits per heavy atom. The van der Waals surface area contributed by atoms with E-state index < -0.39 is 0 Å². The van der Waals surface area contributed by atoms with E-state index in [0.717, 1.165) is 12.1 Å². The van der Waals surface area contributed by atoms with Gasteiger partial charge < -0.3 is 10.1 Å². The molecular weight excluding hydrogens is 226 g/mol. The predicted octanol–water partition coefficient (Wildman–Crippen LogP) is 2.63. The first-order valence-electron chi connectivity index (χ1n) is 6.48. The Morgan fingerprint density at radius 3 is 2.83 bits per heavy atom. The first kappa shape index (κ1) is 12.8. The van der Waals surface area contributed by atoms with Crippen LogP contribution in [0.4, 0.5) is 0 Å². The van der Waals surface area contributed by atoms with Crippen LogP contribution in [0.3, 0.4) is 0 Å². The van der Waals surface area contributed by atoms with Crippen LogP contribution < -0.4 is 5.32 Å². The lowest BCUT2D eigenvalue weighted by molar-refractivity contribution is 0.0526. The molecule has 1 saturated heterocycles. The van der Waals surface area contributed by atoms with E-state index in [1.54, 1.807) is 12.1 Å². The Morgan fingerprint density at radius 1 is 1.44 bits per heavy atom. The lowest BCUT2D eigenvalue weighted by Crippen LogP contribution is -2.17. The van der Waals surface area contributed by atoms with Gasteiger partial charge in [-0.3, -0.25) is 0 Å². The molecule has 1 aliphatic heterocycles. The Hall–Kier alpha value is -1.61. The number of hydrogen-bond donors (Lipinski definition) is 1. The minimum atomic E-state index is -0.259. The van der Waals surface area contributed by atoms with Crippen LogP contribution in [-0.4, -0.2) is 25.2 Å². The summed E-state index contributed by atoms with van der Waals surface area (Å²) < 4.78 is 4.94. The molecule has 3 nitrogen and oxygen atoms in total. The van der Waals surface area contributed by atoms with Crippen molar-refractivity contribution in [2.45, 2.75) is 25.8 Å². The first-order chi connectivity index (χ1) is 8.79. The molecule has 1 N–H and O–H groups in total. The summed E-state index contributed by atoms with van der Waals surface area (Å²) in [4.78, 5) is 11.5. The van der Waals surface area contributed by atoms with Gasteiger partial charge in [0.15, 0.2) is 0 Å². The van der Waals surface area contributed by atoms with Crippen molar-refractivity contribution in [3.8, 4) is 0 Å². The monoisotopic (exact) mass is 245 g/mol. The lowest BCUT2D eigenvalue weighted by atomic mass is 10.1. The number of ether oxygens (including phenoxy) is 1. The molecule has 0 radical (unpaired) electrons. The summed E-state index contributed by atoms with van der Waals surface area (Å²) in [6.45, 7) is 3.33. The van der Waals surface area contributed by atoms with Gasteiger partial charge in [0.2, 0.25) is 0 Å². The fraction of sp³-hybridized carbons (Fsp3) is 0.400. The second-order valence-electron chi connectivity index (χ2n) is 4.40. The molecule has 1 heterocycles. The fourth-order valence-electron chi connectivity index (χ4n) is 2.05. The van der Waals surface area contributed by atoms with Gasteiger partial charge >= 0.3 is 5.97 Å². The van der Waals surface area contributed by atoms with Gasteiger partial charge in [-0.25, -0.2) is 4.79 Å². The minimum Gasteiger partial charge on any atom is -0.462 e. The average molecular weight is 245 g/mol. The summed E-state index contributed by atoms with van der Waals surface area (Å²) in [5.41, 5.74) is 1.71. The maximum Gasteiger partial charge on any atom is 0.338 e. The van der Waals surface area contributed by atoms with Crippen LogP contribution in [0, 0.1) is 0 Å². The summed E-state index contributed by atoms with van der Waals surface area (Å²) in [5, 5.41) is 3.41. The molecule has 96 valence electrons. The number of nitrogens with one attached hydrogen (secondary N) is 1. The van der Waals surface area contributed by atoms with Crippen LogP contribution in [-0.2, 0) is 4.74 Å². The smallest absolute Gasteiger partial charge is 0.338 e. The molecule has 3 heteroatoms. The van der Waals surface area contributed by atoms with Crippen molar-refractivity contribution in [2.24, 2.45) is 0 Å². The van der Waals surface area contributed by atoms with E-state index in [1.165, 1.54) is 12.8 Å². The van der Waals surface area contributed by atoms with Crippen LogP contribution in [0.2, 0.25) is 0 Å². The lowest BCUT2D eigenvalue weighted by Gasteiger charge is -2.03. The van der Waals surface area contributed by atoms with Crippen LogP contribution in [0.15, 0.2) is 30.3 Å². The molecule has 0 aliphatic carbocycles. The molecule has 1 atom stereocenters. The predicted molar refractivity (Wildman–Crippen MR) is 72.5 cm³/mol. The molecule has 0 aromatic heterocycles. The summed E-state index contributed by atoms with van der Waals surface area (Å²) in [5.74, 6) is -0.259. The number of carbonyl (C=O) groups excluding carboxylic acids is 1. The number of rotatable bonds is 4. The maximum atomic E-state index is 11.5. The summed E-state index contributed by atoms with van der Waals surface area (Å²) in [6, 6.07) is 7.99. The SMILES string of the molecule is CCOC(=O)c1ccc(C=C[C@@H]2CCCN2)cc1. The maximum absolute atomic E-state index is 11.5. The van der Waals surface area contributed by atoms with E-state index in [9.17, 15) is 4.79 Å². The molecule has 0 amide bonds. The second-order valence-corrected chi connectivity index (χ2v) is 4.40. The Balaban J connectivity index is 1.96. The molecule has 1 fully saturated rings. The van der Waals surface area contributed by atoms with Crippen LogP contribution in [0.25, 0.3) is 6.08 Å². The topological polar surface area (TPSA) is 38.3 Å². The fourth-order valence-corrected chi connectivity index (χ4v) is 2.05. The Bertz CT molecular complexity index is 417. The van der Waals surface area contributed by atoms with Crippen LogP contribution in [0.1, 0.15) is 35.7 Å². The van der Waals surface area contributed by atoms with Gasteiger partial charge in [-0.1, -0.05) is 24.3 Å². The molecule has 2 rings (SSSR count). The summed E-state index contributed by atoms with van der Waals surface area (Å²) in [6.07, 6.45) is 6.73. The van der Waals surface area contributed by atoms with Gasteiger partial charge in [-0.05, 0) is 44.0 Å². The normalized spacial score (nSPS) is 19.3. The van der Waals surface area contributed by atoms with Gasteiger partial charge in [0.05, 0.1) is 12.2 Å². The Labute approximate surface area is 108 Å². The zero-order valence-electron chi connectivity index (χ0n) is 10.7. The molecule has 1 aromatic rings. The second kappa shape index (κ2) is 6.36. The van der Waals surface area contributed by atoms with Crippen molar-refractivity contribution in [1.82, 2.24) is 5.32 Å². The summed E-state index contributed by atoms with van der Waals surface area (Å²) >= 11 is 0. The molecule has 1 aromatic carbocycles. The molecular formula is C15H19NO2. The zero-order valence-corrected chi connectivity index (χ0v) is 10.7. The highest BCUT2D eigenvalue weighted by atomic mass is 16.5. The van der Waals surface area contributed by atoms with E-state index >= 15 is 0 Å². The van der Waals surface area contributed by atoms with Crippen LogP contribution in [0.5, 0.6) is 0 Å². The van der Waals surface area contributed by atoms with Gasteiger partial charge in [0, 0.05) is 6.04 Å². The largest absolute Gasteiger partial charge is 0.462 e. The van der Waals surface area contributed by atoms with Crippen molar-refractivity contribution in [2.75, 3.05) is 13.2 Å². The third-order valence-electron chi connectivity index (χ3n) is 3.04. The Kier molecular flexibility index (Phi) is 4.53. The molecule has 18 heavy (non-hydrogen) atoms. The number of hydrogen-bond acceptors (Lipinski definition) is 3. The van der Waals surface area contributed by atoms with Gasteiger partial charge in [0.25, 0.3) is 0 Å². The molecule has 0 spiro atoms. The minimum absolute atomic E-state index is 0.259. The standard InChI is InChI=1S/C15H19NO2/c1-2-18-15(17)13-8-5-12(6-9-13)7-10-14-4-3-11-16-14/h5-10,14,16H,2-4,11H2,1H3/t14-/m0/s1. The van der Waals surface area contributed by atoms with E-state index in [1.807, 2.05) is 19.1 Å². The van der Waals surface area contributed by atoms with E-state index in [-0.39, 0.29) is 5.97 Å². The third-order valence-corrected chi connectivity index (χ3v) is 3.04. The molecule has 0 saturated carbocycles. The van der Waals surface area contributed by atoms with E-state index in [2.05, 4.69) is 17.5 Å². The van der Waals surface area contributed by atoms with Gasteiger partial charge in [-0.15, -0.1) is 0 Å². The molecule has 0 bridgehead atoms. The van der Waals surface area contributed by atoms with Crippen molar-refractivity contribution in [1.29, 1.82) is 0 Å². The molecule has 0 unspecified atom stereocenters. The van der Waals surface area contributed by atoms with Crippen molar-refractivity contribution in [3.05, 3.63) is 41.5 Å². The molecule has 1 aliphatic rings. The van der Waals surface area contributed by atoms with Crippen molar-refractivity contribution < 1.29 is 9.53 Å². The first-order valence-corrected chi connectivity index (χ1v) is 6.48. The third kappa shape index (κ3) is 3.44. The average Bonchev–Trinajstić information content (AvgIpc) is 2.90. The number of carbonyl (C=O) groups is 1. The zero-order chi connectivity index (χ0) is 12.8. The van der Waals surface area contributed by atoms with Gasteiger partial charge in [-0.2, -0.15) is 0 Å². The van der Waals surface area contributed by atoms with Crippen LogP contribution >= 0.6 is 0 Å². The quantitative estimate of drug-likeness (QED) is 0.829. The van der Waals surface area contributed by atoms with E-state index in [0.29, 0.717) is 18.2 Å². The van der Waals surface area contributed by atoms with Gasteiger partial charge in [0.1, 0.15) is 0 Å².